The minimum atomic E-state index is 0.668. The summed E-state index contributed by atoms with van der Waals surface area (Å²) in [7, 11) is 1.69. The van der Waals surface area contributed by atoms with Crippen LogP contribution in [0.3, 0.4) is 0 Å². The van der Waals surface area contributed by atoms with Gasteiger partial charge in [-0.1, -0.05) is 6.08 Å². The van der Waals surface area contributed by atoms with Crippen LogP contribution in [0, 0.1) is 5.92 Å². The lowest BCUT2D eigenvalue weighted by Gasteiger charge is -2.25. The van der Waals surface area contributed by atoms with Gasteiger partial charge in [0, 0.05) is 12.2 Å². The van der Waals surface area contributed by atoms with Crippen LogP contribution in [0.25, 0.3) is 5.57 Å². The van der Waals surface area contributed by atoms with Gasteiger partial charge in [-0.2, -0.15) is 0 Å². The molecule has 1 aliphatic heterocycles. The minimum Gasteiger partial charge on any atom is -0.495 e. The third-order valence-electron chi connectivity index (χ3n) is 3.92. The molecule has 2 atom stereocenters. The number of fused-ring (bicyclic) bond motifs is 1. The first-order valence-corrected chi connectivity index (χ1v) is 6.28. The maximum absolute atomic E-state index is 5.23. The van der Waals surface area contributed by atoms with Crippen LogP contribution in [0.15, 0.2) is 24.5 Å². The fourth-order valence-corrected chi connectivity index (χ4v) is 2.90. The Bertz CT molecular complexity index is 442. The molecule has 3 nitrogen and oxygen atoms in total. The number of methoxy groups -OCH3 is 1. The molecule has 3 heteroatoms. The van der Waals surface area contributed by atoms with Crippen LogP contribution >= 0.6 is 0 Å². The zero-order chi connectivity index (χ0) is 11.7. The molecule has 3 rings (SSSR count). The number of hydrogen-bond acceptors (Lipinski definition) is 3. The van der Waals surface area contributed by atoms with E-state index in [0.29, 0.717) is 6.04 Å². The Morgan fingerprint density at radius 1 is 1.41 bits per heavy atom. The topological polar surface area (TPSA) is 34.1 Å². The first-order valence-electron chi connectivity index (χ1n) is 6.28. The molecular formula is C14H18N2O. The average Bonchev–Trinajstić information content (AvgIpc) is 2.86. The van der Waals surface area contributed by atoms with Crippen molar-refractivity contribution in [1.82, 2.24) is 10.3 Å². The van der Waals surface area contributed by atoms with Crippen molar-refractivity contribution >= 4 is 5.57 Å². The van der Waals surface area contributed by atoms with Crippen LogP contribution in [0.1, 0.15) is 24.8 Å². The van der Waals surface area contributed by atoms with Crippen LogP contribution in [-0.2, 0) is 0 Å². The molecule has 0 radical (unpaired) electrons. The van der Waals surface area contributed by atoms with Crippen LogP contribution in [0.5, 0.6) is 5.75 Å². The van der Waals surface area contributed by atoms with Gasteiger partial charge < -0.3 is 10.1 Å². The highest BCUT2D eigenvalue weighted by atomic mass is 16.5. The van der Waals surface area contributed by atoms with E-state index in [0.717, 1.165) is 18.1 Å². The first kappa shape index (κ1) is 10.8. The Kier molecular flexibility index (Phi) is 2.85. The van der Waals surface area contributed by atoms with Gasteiger partial charge in [0.25, 0.3) is 0 Å². The Morgan fingerprint density at radius 3 is 3.24 bits per heavy atom. The monoisotopic (exact) mass is 230 g/mol. The highest BCUT2D eigenvalue weighted by Crippen LogP contribution is 2.35. The fraction of sp³-hybridized carbons (Fsp3) is 0.500. The molecule has 0 spiro atoms. The third kappa shape index (κ3) is 2.07. The number of allylic oxidation sites excluding steroid dienone is 1. The van der Waals surface area contributed by atoms with Gasteiger partial charge in [0.15, 0.2) is 0 Å². The van der Waals surface area contributed by atoms with Crippen LogP contribution in [0.4, 0.5) is 0 Å². The van der Waals surface area contributed by atoms with Crippen molar-refractivity contribution in [2.24, 2.45) is 5.92 Å². The van der Waals surface area contributed by atoms with Gasteiger partial charge in [-0.25, -0.2) is 0 Å². The van der Waals surface area contributed by atoms with Crippen molar-refractivity contribution in [2.45, 2.75) is 25.3 Å². The number of rotatable bonds is 2. The van der Waals surface area contributed by atoms with Gasteiger partial charge >= 0.3 is 0 Å². The third-order valence-corrected chi connectivity index (χ3v) is 3.92. The summed E-state index contributed by atoms with van der Waals surface area (Å²) < 4.78 is 5.23. The molecule has 0 saturated carbocycles. The molecule has 90 valence electrons. The van der Waals surface area contributed by atoms with E-state index in [1.54, 1.807) is 13.3 Å². The predicted octanol–water partition coefficient (Wildman–Crippen LogP) is 2.25. The van der Waals surface area contributed by atoms with E-state index < -0.39 is 0 Å². The lowest BCUT2D eigenvalue weighted by atomic mass is 9.84. The molecule has 1 aromatic rings. The number of nitrogens with zero attached hydrogens (tertiary/aromatic N) is 1. The summed E-state index contributed by atoms with van der Waals surface area (Å²) in [5.74, 6) is 1.68. The van der Waals surface area contributed by atoms with Crippen molar-refractivity contribution in [1.29, 1.82) is 0 Å². The highest BCUT2D eigenvalue weighted by Gasteiger charge is 2.30. The molecule has 1 fully saturated rings. The second kappa shape index (κ2) is 4.49. The molecule has 0 amide bonds. The van der Waals surface area contributed by atoms with Crippen molar-refractivity contribution in [3.05, 3.63) is 30.1 Å². The van der Waals surface area contributed by atoms with E-state index in [1.165, 1.54) is 30.5 Å². The second-order valence-electron chi connectivity index (χ2n) is 4.89. The van der Waals surface area contributed by atoms with Crippen LogP contribution in [-0.4, -0.2) is 24.7 Å². The minimum absolute atomic E-state index is 0.668. The SMILES string of the molecule is COc1cncc(C2=CCC3CCNC3C2)c1. The maximum atomic E-state index is 5.23. The van der Waals surface area contributed by atoms with E-state index in [9.17, 15) is 0 Å². The molecule has 17 heavy (non-hydrogen) atoms. The number of hydrogen-bond donors (Lipinski definition) is 1. The normalized spacial score (nSPS) is 27.5. The van der Waals surface area contributed by atoms with Gasteiger partial charge in [0.1, 0.15) is 5.75 Å². The molecule has 1 aliphatic carbocycles. The van der Waals surface area contributed by atoms with E-state index in [1.807, 2.05) is 6.20 Å². The molecular weight excluding hydrogens is 212 g/mol. The van der Waals surface area contributed by atoms with Gasteiger partial charge in [-0.15, -0.1) is 0 Å². The van der Waals surface area contributed by atoms with Gasteiger partial charge in [0.05, 0.1) is 13.3 Å². The van der Waals surface area contributed by atoms with E-state index in [-0.39, 0.29) is 0 Å². The Hall–Kier alpha value is -1.35. The highest BCUT2D eigenvalue weighted by molar-refractivity contribution is 5.67. The lowest BCUT2D eigenvalue weighted by molar-refractivity contribution is 0.412. The summed E-state index contributed by atoms with van der Waals surface area (Å²) in [5.41, 5.74) is 2.61. The first-order chi connectivity index (χ1) is 8.36. The Morgan fingerprint density at radius 2 is 2.35 bits per heavy atom. The zero-order valence-electron chi connectivity index (χ0n) is 10.1. The van der Waals surface area contributed by atoms with E-state index >= 15 is 0 Å². The molecule has 2 aliphatic rings. The summed E-state index contributed by atoms with van der Waals surface area (Å²) in [6, 6.07) is 2.75. The molecule has 1 aromatic heterocycles. The van der Waals surface area contributed by atoms with Gasteiger partial charge in [-0.05, 0) is 48.9 Å². The summed E-state index contributed by atoms with van der Waals surface area (Å²) >= 11 is 0. The Labute approximate surface area is 102 Å². The van der Waals surface area contributed by atoms with E-state index in [2.05, 4.69) is 22.4 Å². The second-order valence-corrected chi connectivity index (χ2v) is 4.89. The number of aromatic nitrogens is 1. The zero-order valence-corrected chi connectivity index (χ0v) is 10.1. The molecule has 2 unspecified atom stereocenters. The predicted molar refractivity (Wildman–Crippen MR) is 67.9 cm³/mol. The van der Waals surface area contributed by atoms with Crippen molar-refractivity contribution in [3.8, 4) is 5.75 Å². The summed E-state index contributed by atoms with van der Waals surface area (Å²) in [5, 5.41) is 3.59. The fourth-order valence-electron chi connectivity index (χ4n) is 2.90. The van der Waals surface area contributed by atoms with E-state index in [4.69, 9.17) is 4.74 Å². The summed E-state index contributed by atoms with van der Waals surface area (Å²) in [6.07, 6.45) is 9.71. The molecule has 1 saturated heterocycles. The summed E-state index contributed by atoms with van der Waals surface area (Å²) in [4.78, 5) is 4.23. The van der Waals surface area contributed by atoms with Crippen LogP contribution < -0.4 is 10.1 Å². The maximum Gasteiger partial charge on any atom is 0.137 e. The molecule has 2 heterocycles. The van der Waals surface area contributed by atoms with Gasteiger partial charge in [-0.3, -0.25) is 4.98 Å². The number of pyridine rings is 1. The summed E-state index contributed by atoms with van der Waals surface area (Å²) in [6.45, 7) is 1.17. The van der Waals surface area contributed by atoms with Crippen molar-refractivity contribution < 1.29 is 4.74 Å². The molecule has 1 N–H and O–H groups in total. The number of nitrogens with one attached hydrogen (secondary N) is 1. The number of ether oxygens (including phenoxy) is 1. The van der Waals surface area contributed by atoms with Gasteiger partial charge in [0.2, 0.25) is 0 Å². The quantitative estimate of drug-likeness (QED) is 0.846. The lowest BCUT2D eigenvalue weighted by Crippen LogP contribution is -2.29. The smallest absolute Gasteiger partial charge is 0.137 e. The van der Waals surface area contributed by atoms with Crippen molar-refractivity contribution in [2.75, 3.05) is 13.7 Å². The average molecular weight is 230 g/mol. The standard InChI is InChI=1S/C14H18N2O/c1-17-13-6-12(8-15-9-13)11-3-2-10-4-5-16-14(10)7-11/h3,6,8-10,14,16H,2,4-5,7H2,1H3. The largest absolute Gasteiger partial charge is 0.495 e. The molecule has 0 aromatic carbocycles. The Balaban J connectivity index is 1.84. The molecule has 0 bridgehead atoms. The van der Waals surface area contributed by atoms with Crippen molar-refractivity contribution in [3.63, 3.8) is 0 Å². The van der Waals surface area contributed by atoms with Crippen LogP contribution in [0.2, 0.25) is 0 Å².